The van der Waals surface area contributed by atoms with Gasteiger partial charge in [-0.05, 0) is 62.4 Å². The third kappa shape index (κ3) is 7.24. The number of hydrogen-bond acceptors (Lipinski definition) is 5. The highest BCUT2D eigenvalue weighted by Gasteiger charge is 2.31. The molecule has 10 heteroatoms. The van der Waals surface area contributed by atoms with Crippen molar-refractivity contribution in [2.45, 2.75) is 26.3 Å². The maximum Gasteiger partial charge on any atom is 0.573 e. The van der Waals surface area contributed by atoms with Crippen molar-refractivity contribution in [2.75, 3.05) is 6.61 Å². The van der Waals surface area contributed by atoms with Gasteiger partial charge in [0.15, 0.2) is 6.10 Å². The van der Waals surface area contributed by atoms with Crippen molar-refractivity contribution in [3.8, 4) is 17.2 Å². The van der Waals surface area contributed by atoms with E-state index in [4.69, 9.17) is 9.47 Å². The summed E-state index contributed by atoms with van der Waals surface area (Å²) in [5.74, 6) is -0.705. The summed E-state index contributed by atoms with van der Waals surface area (Å²) >= 11 is 0. The first-order chi connectivity index (χ1) is 13.7. The van der Waals surface area contributed by atoms with Gasteiger partial charge in [0.1, 0.15) is 17.2 Å². The zero-order valence-electron chi connectivity index (χ0n) is 15.6. The van der Waals surface area contributed by atoms with E-state index >= 15 is 0 Å². The molecule has 0 saturated heterocycles. The fraction of sp³-hybridized carbons (Fsp3) is 0.263. The van der Waals surface area contributed by atoms with Gasteiger partial charge >= 0.3 is 6.36 Å². The smallest absolute Gasteiger partial charge is 0.494 e. The lowest BCUT2D eigenvalue weighted by Gasteiger charge is -2.15. The van der Waals surface area contributed by atoms with Gasteiger partial charge in [0.25, 0.3) is 11.8 Å². The Labute approximate surface area is 164 Å². The topological polar surface area (TPSA) is 85.9 Å². The summed E-state index contributed by atoms with van der Waals surface area (Å²) in [7, 11) is 0. The molecule has 0 aliphatic rings. The zero-order valence-corrected chi connectivity index (χ0v) is 15.6. The first-order valence-electron chi connectivity index (χ1n) is 8.53. The molecule has 0 aliphatic heterocycles. The van der Waals surface area contributed by atoms with Gasteiger partial charge < -0.3 is 14.2 Å². The van der Waals surface area contributed by atoms with Gasteiger partial charge in [-0.3, -0.25) is 20.4 Å². The second kappa shape index (κ2) is 9.67. The lowest BCUT2D eigenvalue weighted by Crippen LogP contribution is -2.47. The Morgan fingerprint density at radius 3 is 2.03 bits per heavy atom. The van der Waals surface area contributed by atoms with Crippen molar-refractivity contribution < 1.29 is 37.0 Å². The van der Waals surface area contributed by atoms with Gasteiger partial charge in [-0.25, -0.2) is 0 Å². The van der Waals surface area contributed by atoms with Gasteiger partial charge in [-0.2, -0.15) is 0 Å². The number of benzene rings is 2. The van der Waals surface area contributed by atoms with Gasteiger partial charge in [0, 0.05) is 5.56 Å². The fourth-order valence-corrected chi connectivity index (χ4v) is 2.14. The molecule has 0 saturated carbocycles. The van der Waals surface area contributed by atoms with E-state index in [0.29, 0.717) is 18.1 Å². The molecule has 1 atom stereocenters. The Morgan fingerprint density at radius 2 is 1.48 bits per heavy atom. The standard InChI is InChI=1S/C19H19F3N2O5/c1-3-27-14-8-10-15(11-9-14)28-12(2)17(25)23-24-18(26)13-4-6-16(7-5-13)29-19(20,21)22/h4-12H,3H2,1-2H3,(H,23,25)(H,24,26). The number of halogens is 3. The van der Waals surface area contributed by atoms with E-state index in [9.17, 15) is 22.8 Å². The van der Waals surface area contributed by atoms with Crippen LogP contribution in [0, 0.1) is 0 Å². The molecule has 0 heterocycles. The second-order valence-electron chi connectivity index (χ2n) is 5.68. The number of hydrogen-bond donors (Lipinski definition) is 2. The molecule has 156 valence electrons. The average molecular weight is 412 g/mol. The quantitative estimate of drug-likeness (QED) is 0.682. The van der Waals surface area contributed by atoms with Crippen molar-refractivity contribution in [1.82, 2.24) is 10.9 Å². The number of hydrazine groups is 1. The molecule has 1 unspecified atom stereocenters. The van der Waals surface area contributed by atoms with Gasteiger partial charge in [-0.15, -0.1) is 13.2 Å². The van der Waals surface area contributed by atoms with Crippen LogP contribution in [0.2, 0.25) is 0 Å². The van der Waals surface area contributed by atoms with Crippen molar-refractivity contribution in [3.05, 3.63) is 54.1 Å². The number of alkyl halides is 3. The highest BCUT2D eigenvalue weighted by Crippen LogP contribution is 2.22. The highest BCUT2D eigenvalue weighted by molar-refractivity contribution is 5.95. The lowest BCUT2D eigenvalue weighted by atomic mass is 10.2. The van der Waals surface area contributed by atoms with Gasteiger partial charge in [0.05, 0.1) is 6.61 Å². The number of carbonyl (C=O) groups is 2. The van der Waals surface area contributed by atoms with Crippen molar-refractivity contribution in [3.63, 3.8) is 0 Å². The Bertz CT molecular complexity index is 823. The molecule has 2 aromatic carbocycles. The Morgan fingerprint density at radius 1 is 0.931 bits per heavy atom. The second-order valence-corrected chi connectivity index (χ2v) is 5.68. The minimum atomic E-state index is -4.82. The molecular weight excluding hydrogens is 393 g/mol. The first kappa shape index (κ1) is 21.9. The lowest BCUT2D eigenvalue weighted by molar-refractivity contribution is -0.274. The monoisotopic (exact) mass is 412 g/mol. The number of amides is 2. The van der Waals surface area contributed by atoms with Crippen LogP contribution in [0.3, 0.4) is 0 Å². The van der Waals surface area contributed by atoms with E-state index in [2.05, 4.69) is 15.6 Å². The normalized spacial score (nSPS) is 11.9. The first-order valence-corrected chi connectivity index (χ1v) is 8.53. The Hall–Kier alpha value is -3.43. The van der Waals surface area contributed by atoms with Crippen molar-refractivity contribution in [1.29, 1.82) is 0 Å². The van der Waals surface area contributed by atoms with Crippen LogP contribution in [-0.4, -0.2) is 30.9 Å². The molecule has 0 bridgehead atoms. The number of ether oxygens (including phenoxy) is 3. The minimum absolute atomic E-state index is 0.0277. The molecule has 0 fully saturated rings. The summed E-state index contributed by atoms with van der Waals surface area (Å²) in [5.41, 5.74) is 4.37. The molecule has 0 aliphatic carbocycles. The van der Waals surface area contributed by atoms with E-state index in [-0.39, 0.29) is 5.56 Å². The van der Waals surface area contributed by atoms with Crippen LogP contribution < -0.4 is 25.1 Å². The predicted octanol–water partition coefficient (Wildman–Crippen LogP) is 3.21. The molecular formula is C19H19F3N2O5. The third-order valence-electron chi connectivity index (χ3n) is 3.47. The van der Waals surface area contributed by atoms with E-state index in [1.165, 1.54) is 6.92 Å². The summed E-state index contributed by atoms with van der Waals surface area (Å²) in [6.45, 7) is 3.87. The fourth-order valence-electron chi connectivity index (χ4n) is 2.14. The third-order valence-corrected chi connectivity index (χ3v) is 3.47. The van der Waals surface area contributed by atoms with E-state index < -0.39 is 30.0 Å². The number of carbonyl (C=O) groups excluding carboxylic acids is 2. The summed E-state index contributed by atoms with van der Waals surface area (Å²) in [6, 6.07) is 10.9. The summed E-state index contributed by atoms with van der Waals surface area (Å²) in [6.07, 6.45) is -5.74. The maximum absolute atomic E-state index is 12.1. The SMILES string of the molecule is CCOc1ccc(OC(C)C(=O)NNC(=O)c2ccc(OC(F)(F)F)cc2)cc1. The van der Waals surface area contributed by atoms with Crippen LogP contribution in [0.5, 0.6) is 17.2 Å². The van der Waals surface area contributed by atoms with Crippen LogP contribution in [0.4, 0.5) is 13.2 Å². The van der Waals surface area contributed by atoms with Crippen molar-refractivity contribution >= 4 is 11.8 Å². The average Bonchev–Trinajstić information content (AvgIpc) is 2.67. The molecule has 7 nitrogen and oxygen atoms in total. The van der Waals surface area contributed by atoms with Gasteiger partial charge in [0.2, 0.25) is 0 Å². The minimum Gasteiger partial charge on any atom is -0.494 e. The molecule has 2 amide bonds. The summed E-state index contributed by atoms with van der Waals surface area (Å²) < 4.78 is 50.9. The van der Waals surface area contributed by atoms with E-state index in [0.717, 1.165) is 24.3 Å². The van der Waals surface area contributed by atoms with Gasteiger partial charge in [-0.1, -0.05) is 0 Å². The predicted molar refractivity (Wildman–Crippen MR) is 96.4 cm³/mol. The largest absolute Gasteiger partial charge is 0.573 e. The van der Waals surface area contributed by atoms with E-state index in [1.807, 2.05) is 6.92 Å². The molecule has 0 radical (unpaired) electrons. The molecule has 2 aromatic rings. The number of nitrogens with one attached hydrogen (secondary N) is 2. The number of rotatable bonds is 7. The molecule has 2 N–H and O–H groups in total. The van der Waals surface area contributed by atoms with Crippen LogP contribution >= 0.6 is 0 Å². The zero-order chi connectivity index (χ0) is 21.4. The van der Waals surface area contributed by atoms with Crippen LogP contribution in [0.15, 0.2) is 48.5 Å². The summed E-state index contributed by atoms with van der Waals surface area (Å²) in [4.78, 5) is 24.0. The van der Waals surface area contributed by atoms with Crippen LogP contribution in [-0.2, 0) is 4.79 Å². The molecule has 29 heavy (non-hydrogen) atoms. The molecule has 0 spiro atoms. The van der Waals surface area contributed by atoms with Crippen LogP contribution in [0.25, 0.3) is 0 Å². The Kier molecular flexibility index (Phi) is 7.29. The van der Waals surface area contributed by atoms with Crippen LogP contribution in [0.1, 0.15) is 24.2 Å². The Balaban J connectivity index is 1.83. The summed E-state index contributed by atoms with van der Waals surface area (Å²) in [5, 5.41) is 0. The molecule has 2 rings (SSSR count). The van der Waals surface area contributed by atoms with Crippen molar-refractivity contribution in [2.24, 2.45) is 0 Å². The van der Waals surface area contributed by atoms with E-state index in [1.54, 1.807) is 24.3 Å². The highest BCUT2D eigenvalue weighted by atomic mass is 19.4. The maximum atomic E-state index is 12.1. The molecule has 0 aromatic heterocycles.